The predicted octanol–water partition coefficient (Wildman–Crippen LogP) is 2.70. The number of amides is 1. The van der Waals surface area contributed by atoms with E-state index < -0.39 is 10.0 Å². The van der Waals surface area contributed by atoms with Crippen molar-refractivity contribution >= 4 is 15.9 Å². The van der Waals surface area contributed by atoms with Crippen LogP contribution in [0.1, 0.15) is 45.6 Å². The quantitative estimate of drug-likeness (QED) is 0.886. The number of hydrogen-bond acceptors (Lipinski definition) is 3. The number of nitrogens with zero attached hydrogens (tertiary/aromatic N) is 1. The molecule has 0 spiro atoms. The molecule has 5 nitrogen and oxygen atoms in total. The van der Waals surface area contributed by atoms with Crippen molar-refractivity contribution in [3.05, 3.63) is 29.8 Å². The highest BCUT2D eigenvalue weighted by Gasteiger charge is 2.34. The first kappa shape index (κ1) is 18.9. The molecule has 6 heteroatoms. The van der Waals surface area contributed by atoms with Crippen LogP contribution in [0.25, 0.3) is 0 Å². The third kappa shape index (κ3) is 4.36. The van der Waals surface area contributed by atoms with E-state index in [2.05, 4.69) is 5.32 Å². The van der Waals surface area contributed by atoms with Crippen molar-refractivity contribution in [1.82, 2.24) is 9.62 Å². The summed E-state index contributed by atoms with van der Waals surface area (Å²) in [6, 6.07) is 6.86. The standard InChI is InChI=1S/C18H28N2O3S/c1-5-18(3,4)19-17(21)15-7-6-12-20(13-15)24(22,23)16-10-8-14(2)9-11-16/h8-11,15H,5-7,12-13H2,1-4H3,(H,19,21)/t15-/m0/s1. The molecular formula is C18H28N2O3S. The molecule has 1 aromatic carbocycles. The molecule has 0 unspecified atom stereocenters. The second-order valence-electron chi connectivity index (χ2n) is 7.24. The summed E-state index contributed by atoms with van der Waals surface area (Å²) in [6.45, 7) is 8.63. The van der Waals surface area contributed by atoms with Gasteiger partial charge in [0.25, 0.3) is 0 Å². The molecule has 1 atom stereocenters. The minimum Gasteiger partial charge on any atom is -0.351 e. The zero-order valence-electron chi connectivity index (χ0n) is 15.0. The van der Waals surface area contributed by atoms with Crippen LogP contribution in [0.2, 0.25) is 0 Å². The number of piperidine rings is 1. The van der Waals surface area contributed by atoms with E-state index in [1.807, 2.05) is 27.7 Å². The van der Waals surface area contributed by atoms with Crippen molar-refractivity contribution in [2.24, 2.45) is 5.92 Å². The number of nitrogens with one attached hydrogen (secondary N) is 1. The highest BCUT2D eigenvalue weighted by atomic mass is 32.2. The lowest BCUT2D eigenvalue weighted by molar-refractivity contribution is -0.127. The minimum atomic E-state index is -3.54. The number of aryl methyl sites for hydroxylation is 1. The van der Waals surface area contributed by atoms with E-state index in [1.165, 1.54) is 4.31 Å². The van der Waals surface area contributed by atoms with Crippen LogP contribution in [0.3, 0.4) is 0 Å². The number of benzene rings is 1. The Morgan fingerprint density at radius 2 is 1.92 bits per heavy atom. The fourth-order valence-corrected chi connectivity index (χ4v) is 4.28. The molecule has 134 valence electrons. The summed E-state index contributed by atoms with van der Waals surface area (Å²) in [5, 5.41) is 3.03. The highest BCUT2D eigenvalue weighted by Crippen LogP contribution is 2.24. The Kier molecular flexibility index (Phi) is 5.71. The maximum absolute atomic E-state index is 12.8. The smallest absolute Gasteiger partial charge is 0.243 e. The van der Waals surface area contributed by atoms with Crippen LogP contribution < -0.4 is 5.32 Å². The van der Waals surface area contributed by atoms with Crippen LogP contribution in [0, 0.1) is 12.8 Å². The predicted molar refractivity (Wildman–Crippen MR) is 95.2 cm³/mol. The third-order valence-corrected chi connectivity index (χ3v) is 6.64. The lowest BCUT2D eigenvalue weighted by Gasteiger charge is -2.33. The van der Waals surface area contributed by atoms with Crippen molar-refractivity contribution in [1.29, 1.82) is 0 Å². The van der Waals surface area contributed by atoms with E-state index in [-0.39, 0.29) is 23.9 Å². The Labute approximate surface area is 145 Å². The molecule has 1 aromatic rings. The number of carbonyl (C=O) groups excluding carboxylic acids is 1. The largest absolute Gasteiger partial charge is 0.351 e. The van der Waals surface area contributed by atoms with Crippen molar-refractivity contribution in [3.8, 4) is 0 Å². The Hall–Kier alpha value is -1.40. The van der Waals surface area contributed by atoms with Gasteiger partial charge in [0, 0.05) is 18.6 Å². The molecule has 1 aliphatic rings. The highest BCUT2D eigenvalue weighted by molar-refractivity contribution is 7.89. The van der Waals surface area contributed by atoms with Gasteiger partial charge >= 0.3 is 0 Å². The van der Waals surface area contributed by atoms with E-state index in [9.17, 15) is 13.2 Å². The number of rotatable bonds is 5. The van der Waals surface area contributed by atoms with E-state index in [0.717, 1.165) is 18.4 Å². The average molecular weight is 353 g/mol. The first-order valence-electron chi connectivity index (χ1n) is 8.54. The van der Waals surface area contributed by atoms with E-state index in [4.69, 9.17) is 0 Å². The fraction of sp³-hybridized carbons (Fsp3) is 0.611. The zero-order chi connectivity index (χ0) is 18.0. The average Bonchev–Trinajstić information content (AvgIpc) is 2.55. The molecule has 1 heterocycles. The van der Waals surface area contributed by atoms with Crippen LogP contribution >= 0.6 is 0 Å². The zero-order valence-corrected chi connectivity index (χ0v) is 15.8. The molecule has 0 aliphatic carbocycles. The molecule has 24 heavy (non-hydrogen) atoms. The monoisotopic (exact) mass is 352 g/mol. The van der Waals surface area contributed by atoms with Crippen LogP contribution in [-0.4, -0.2) is 37.3 Å². The second-order valence-corrected chi connectivity index (χ2v) is 9.18. The van der Waals surface area contributed by atoms with Gasteiger partial charge < -0.3 is 5.32 Å². The third-order valence-electron chi connectivity index (χ3n) is 4.76. The van der Waals surface area contributed by atoms with Crippen molar-refractivity contribution in [2.45, 2.75) is 57.4 Å². The number of carbonyl (C=O) groups is 1. The van der Waals surface area contributed by atoms with Gasteiger partial charge in [0.1, 0.15) is 0 Å². The van der Waals surface area contributed by atoms with Crippen LogP contribution in [-0.2, 0) is 14.8 Å². The number of hydrogen-bond donors (Lipinski definition) is 1. The summed E-state index contributed by atoms with van der Waals surface area (Å²) in [4.78, 5) is 12.8. The summed E-state index contributed by atoms with van der Waals surface area (Å²) in [7, 11) is -3.54. The maximum atomic E-state index is 12.8. The van der Waals surface area contributed by atoms with Crippen LogP contribution in [0.4, 0.5) is 0 Å². The lowest BCUT2D eigenvalue weighted by Crippen LogP contribution is -2.50. The van der Waals surface area contributed by atoms with Crippen molar-refractivity contribution in [2.75, 3.05) is 13.1 Å². The molecule has 0 bridgehead atoms. The SMILES string of the molecule is CCC(C)(C)NC(=O)[C@H]1CCCN(S(=O)(=O)c2ccc(C)cc2)C1. The Bertz CT molecular complexity index is 681. The van der Waals surface area contributed by atoms with Gasteiger partial charge in [-0.25, -0.2) is 8.42 Å². The second kappa shape index (κ2) is 7.23. The molecule has 1 N–H and O–H groups in total. The Balaban J connectivity index is 2.12. The van der Waals surface area contributed by atoms with Crippen molar-refractivity contribution < 1.29 is 13.2 Å². The van der Waals surface area contributed by atoms with Gasteiger partial charge in [-0.15, -0.1) is 0 Å². The van der Waals surface area contributed by atoms with E-state index >= 15 is 0 Å². The van der Waals surface area contributed by atoms with Crippen LogP contribution in [0.5, 0.6) is 0 Å². The summed E-state index contributed by atoms with van der Waals surface area (Å²) in [6.07, 6.45) is 2.26. The first-order valence-corrected chi connectivity index (χ1v) is 9.98. The maximum Gasteiger partial charge on any atom is 0.243 e. The normalized spacial score (nSPS) is 19.9. The van der Waals surface area contributed by atoms with Gasteiger partial charge in [-0.2, -0.15) is 4.31 Å². The summed E-state index contributed by atoms with van der Waals surface area (Å²) in [5.74, 6) is -0.338. The molecule has 0 saturated carbocycles. The fourth-order valence-electron chi connectivity index (χ4n) is 2.76. The van der Waals surface area contributed by atoms with Gasteiger partial charge in [-0.3, -0.25) is 4.79 Å². The molecule has 1 aliphatic heterocycles. The van der Waals surface area contributed by atoms with E-state index in [1.54, 1.807) is 24.3 Å². The molecule has 0 radical (unpaired) electrons. The summed E-state index contributed by atoms with van der Waals surface area (Å²) >= 11 is 0. The van der Waals surface area contributed by atoms with Gasteiger partial charge in [0.05, 0.1) is 10.8 Å². The van der Waals surface area contributed by atoms with Crippen molar-refractivity contribution in [3.63, 3.8) is 0 Å². The Morgan fingerprint density at radius 3 is 2.50 bits per heavy atom. The van der Waals surface area contributed by atoms with Gasteiger partial charge in [-0.05, 0) is 52.2 Å². The van der Waals surface area contributed by atoms with Crippen LogP contribution in [0.15, 0.2) is 29.2 Å². The molecule has 1 fully saturated rings. The first-order chi connectivity index (χ1) is 11.2. The Morgan fingerprint density at radius 1 is 1.29 bits per heavy atom. The van der Waals surface area contributed by atoms with Gasteiger partial charge in [0.2, 0.25) is 15.9 Å². The molecular weight excluding hydrogens is 324 g/mol. The summed E-state index contributed by atoms with van der Waals surface area (Å²) in [5.41, 5.74) is 0.751. The molecule has 2 rings (SSSR count). The molecule has 1 saturated heterocycles. The topological polar surface area (TPSA) is 66.5 Å². The molecule has 1 amide bonds. The van der Waals surface area contributed by atoms with E-state index in [0.29, 0.717) is 17.9 Å². The van der Waals surface area contributed by atoms with Gasteiger partial charge in [0.15, 0.2) is 0 Å². The number of sulfonamides is 1. The lowest BCUT2D eigenvalue weighted by atomic mass is 9.95. The van der Waals surface area contributed by atoms with Gasteiger partial charge in [-0.1, -0.05) is 24.6 Å². The molecule has 0 aromatic heterocycles. The minimum absolute atomic E-state index is 0.0503. The summed E-state index contributed by atoms with van der Waals surface area (Å²) < 4.78 is 27.1.